The highest BCUT2D eigenvalue weighted by molar-refractivity contribution is 5.76. The smallest absolute Gasteiger partial charge is 0.266 e. The summed E-state index contributed by atoms with van der Waals surface area (Å²) in [5, 5.41) is 4.60. The van der Waals surface area contributed by atoms with E-state index < -0.39 is 0 Å². The average molecular weight is 396 g/mol. The van der Waals surface area contributed by atoms with Gasteiger partial charge >= 0.3 is 0 Å². The fourth-order valence-electron chi connectivity index (χ4n) is 4.38. The highest BCUT2D eigenvalue weighted by atomic mass is 16.2. The molecule has 0 aromatic carbocycles. The van der Waals surface area contributed by atoms with Crippen LogP contribution in [0.1, 0.15) is 38.5 Å². The van der Waals surface area contributed by atoms with Crippen LogP contribution in [0, 0.1) is 0 Å². The van der Waals surface area contributed by atoms with E-state index in [9.17, 15) is 9.59 Å². The van der Waals surface area contributed by atoms with E-state index in [0.29, 0.717) is 18.9 Å². The SMILES string of the molecule is O=C1CCCCCN1CCN1CCCC1Cn1nc(-c2ccncc2)ccc1=O. The van der Waals surface area contributed by atoms with E-state index in [0.717, 1.165) is 69.5 Å². The molecule has 2 aliphatic rings. The number of amides is 1. The number of hydrogen-bond acceptors (Lipinski definition) is 5. The maximum absolute atomic E-state index is 12.4. The molecule has 154 valence electrons. The Hall–Kier alpha value is -2.54. The molecule has 0 spiro atoms. The molecule has 4 rings (SSSR count). The molecule has 7 heteroatoms. The van der Waals surface area contributed by atoms with Crippen LogP contribution in [-0.2, 0) is 11.3 Å². The molecule has 29 heavy (non-hydrogen) atoms. The summed E-state index contributed by atoms with van der Waals surface area (Å²) in [4.78, 5) is 33.1. The monoisotopic (exact) mass is 395 g/mol. The Morgan fingerprint density at radius 1 is 0.931 bits per heavy atom. The van der Waals surface area contributed by atoms with Crippen LogP contribution in [0.5, 0.6) is 0 Å². The van der Waals surface area contributed by atoms with E-state index in [1.807, 2.05) is 17.0 Å². The van der Waals surface area contributed by atoms with Crippen molar-refractivity contribution in [3.8, 4) is 11.3 Å². The van der Waals surface area contributed by atoms with E-state index in [2.05, 4.69) is 15.0 Å². The van der Waals surface area contributed by atoms with Gasteiger partial charge in [0.15, 0.2) is 0 Å². The van der Waals surface area contributed by atoms with Gasteiger partial charge in [-0.15, -0.1) is 0 Å². The van der Waals surface area contributed by atoms with Crippen molar-refractivity contribution in [1.29, 1.82) is 0 Å². The standard InChI is InChI=1S/C22H29N5O2/c28-21-6-2-1-3-13-26(21)16-15-25-14-4-5-19(25)17-27-22(29)8-7-20(24-27)18-9-11-23-12-10-18/h7-12,19H,1-6,13-17H2. The van der Waals surface area contributed by atoms with Crippen LogP contribution < -0.4 is 5.56 Å². The first-order valence-corrected chi connectivity index (χ1v) is 10.7. The van der Waals surface area contributed by atoms with Gasteiger partial charge in [-0.05, 0) is 50.4 Å². The van der Waals surface area contributed by atoms with Gasteiger partial charge in [0.2, 0.25) is 5.91 Å². The predicted molar refractivity (Wildman–Crippen MR) is 111 cm³/mol. The van der Waals surface area contributed by atoms with Crippen LogP contribution in [0.2, 0.25) is 0 Å². The summed E-state index contributed by atoms with van der Waals surface area (Å²) < 4.78 is 1.59. The molecule has 0 N–H and O–H groups in total. The largest absolute Gasteiger partial charge is 0.341 e. The average Bonchev–Trinajstić information content (AvgIpc) is 3.08. The van der Waals surface area contributed by atoms with Gasteiger partial charge < -0.3 is 4.90 Å². The zero-order chi connectivity index (χ0) is 20.1. The quantitative estimate of drug-likeness (QED) is 0.750. The zero-order valence-corrected chi connectivity index (χ0v) is 16.9. The first kappa shape index (κ1) is 19.8. The number of nitrogens with zero attached hydrogens (tertiary/aromatic N) is 5. The molecule has 2 aliphatic heterocycles. The fraction of sp³-hybridized carbons (Fsp3) is 0.545. The van der Waals surface area contributed by atoms with Crippen LogP contribution in [0.4, 0.5) is 0 Å². The minimum absolute atomic E-state index is 0.0719. The lowest BCUT2D eigenvalue weighted by Crippen LogP contribution is -2.42. The van der Waals surface area contributed by atoms with Crippen LogP contribution in [-0.4, -0.2) is 62.7 Å². The van der Waals surface area contributed by atoms with Crippen LogP contribution in [0.3, 0.4) is 0 Å². The molecule has 0 bridgehead atoms. The molecule has 7 nitrogen and oxygen atoms in total. The number of carbonyl (C=O) groups is 1. The van der Waals surface area contributed by atoms with Crippen molar-refractivity contribution in [1.82, 2.24) is 24.6 Å². The van der Waals surface area contributed by atoms with E-state index in [1.165, 1.54) is 0 Å². The highest BCUT2D eigenvalue weighted by Gasteiger charge is 2.26. The normalized spacial score (nSPS) is 20.8. The van der Waals surface area contributed by atoms with Gasteiger partial charge in [0, 0.05) is 56.1 Å². The number of hydrogen-bond donors (Lipinski definition) is 0. The Balaban J connectivity index is 1.42. The molecule has 1 amide bonds. The van der Waals surface area contributed by atoms with Crippen molar-refractivity contribution in [2.45, 2.75) is 51.1 Å². The second-order valence-corrected chi connectivity index (χ2v) is 8.00. The first-order chi connectivity index (χ1) is 14.2. The summed E-state index contributed by atoms with van der Waals surface area (Å²) in [7, 11) is 0. The van der Waals surface area contributed by atoms with Crippen LogP contribution >= 0.6 is 0 Å². The third-order valence-corrected chi connectivity index (χ3v) is 6.05. The maximum atomic E-state index is 12.4. The number of pyridine rings is 1. The Morgan fingerprint density at radius 3 is 2.66 bits per heavy atom. The Bertz CT molecular complexity index is 882. The molecular formula is C22H29N5O2. The Kier molecular flexibility index (Phi) is 6.34. The van der Waals surface area contributed by atoms with Crippen molar-refractivity contribution in [3.05, 3.63) is 47.0 Å². The van der Waals surface area contributed by atoms with E-state index in [1.54, 1.807) is 29.2 Å². The summed E-state index contributed by atoms with van der Waals surface area (Å²) in [6, 6.07) is 7.45. The molecule has 2 aromatic heterocycles. The first-order valence-electron chi connectivity index (χ1n) is 10.7. The summed E-state index contributed by atoms with van der Waals surface area (Å²) in [5.41, 5.74) is 1.67. The van der Waals surface area contributed by atoms with Crippen molar-refractivity contribution in [3.63, 3.8) is 0 Å². The molecule has 0 aliphatic carbocycles. The third kappa shape index (κ3) is 4.90. The van der Waals surface area contributed by atoms with E-state index >= 15 is 0 Å². The molecule has 2 saturated heterocycles. The summed E-state index contributed by atoms with van der Waals surface area (Å²) >= 11 is 0. The molecule has 2 fully saturated rings. The van der Waals surface area contributed by atoms with Gasteiger partial charge in [0.25, 0.3) is 5.56 Å². The minimum Gasteiger partial charge on any atom is -0.341 e. The topological polar surface area (TPSA) is 71.3 Å². The van der Waals surface area contributed by atoms with Crippen LogP contribution in [0.25, 0.3) is 11.3 Å². The summed E-state index contributed by atoms with van der Waals surface area (Å²) in [6.45, 7) is 4.15. The zero-order valence-electron chi connectivity index (χ0n) is 16.9. The van der Waals surface area contributed by atoms with E-state index in [4.69, 9.17) is 0 Å². The summed E-state index contributed by atoms with van der Waals surface area (Å²) in [6.07, 6.45) is 9.60. The van der Waals surface area contributed by atoms with Gasteiger partial charge in [0.05, 0.1) is 12.2 Å². The predicted octanol–water partition coefficient (Wildman–Crippen LogP) is 2.17. The second-order valence-electron chi connectivity index (χ2n) is 8.00. The van der Waals surface area contributed by atoms with Gasteiger partial charge in [-0.3, -0.25) is 19.5 Å². The molecule has 4 heterocycles. The number of carbonyl (C=O) groups excluding carboxylic acids is 1. The molecule has 0 saturated carbocycles. The minimum atomic E-state index is -0.0719. The fourth-order valence-corrected chi connectivity index (χ4v) is 4.38. The van der Waals surface area contributed by atoms with Gasteiger partial charge in [-0.25, -0.2) is 4.68 Å². The lowest BCUT2D eigenvalue weighted by molar-refractivity contribution is -0.130. The third-order valence-electron chi connectivity index (χ3n) is 6.05. The molecular weight excluding hydrogens is 366 g/mol. The van der Waals surface area contributed by atoms with E-state index in [-0.39, 0.29) is 11.6 Å². The van der Waals surface area contributed by atoms with Crippen LogP contribution in [0.15, 0.2) is 41.5 Å². The molecule has 0 radical (unpaired) electrons. The molecule has 1 atom stereocenters. The van der Waals surface area contributed by atoms with Crippen molar-refractivity contribution < 1.29 is 4.79 Å². The highest BCUT2D eigenvalue weighted by Crippen LogP contribution is 2.20. The lowest BCUT2D eigenvalue weighted by atomic mass is 10.2. The Morgan fingerprint density at radius 2 is 1.79 bits per heavy atom. The molecule has 1 unspecified atom stereocenters. The second kappa shape index (κ2) is 9.31. The lowest BCUT2D eigenvalue weighted by Gasteiger charge is -2.28. The van der Waals surface area contributed by atoms with Gasteiger partial charge in [0.1, 0.15) is 0 Å². The Labute approximate surface area is 171 Å². The summed E-state index contributed by atoms with van der Waals surface area (Å²) in [5.74, 6) is 0.293. The van der Waals surface area contributed by atoms with Crippen molar-refractivity contribution >= 4 is 5.91 Å². The van der Waals surface area contributed by atoms with Crippen molar-refractivity contribution in [2.75, 3.05) is 26.2 Å². The maximum Gasteiger partial charge on any atom is 0.266 e. The number of rotatable bonds is 6. The van der Waals surface area contributed by atoms with Gasteiger partial charge in [-0.1, -0.05) is 6.42 Å². The van der Waals surface area contributed by atoms with Gasteiger partial charge in [-0.2, -0.15) is 5.10 Å². The number of aromatic nitrogens is 3. The van der Waals surface area contributed by atoms with Crippen molar-refractivity contribution in [2.24, 2.45) is 0 Å². The number of likely N-dealkylation sites (tertiary alicyclic amines) is 2. The molecule has 2 aromatic rings.